The summed E-state index contributed by atoms with van der Waals surface area (Å²) < 4.78 is 5.04. The Morgan fingerprint density at radius 3 is 2.59 bits per heavy atom. The third-order valence-corrected chi connectivity index (χ3v) is 2.60. The molecule has 1 aromatic rings. The van der Waals surface area contributed by atoms with Crippen LogP contribution in [0, 0.1) is 10.1 Å². The molecule has 1 unspecified atom stereocenters. The molecule has 1 fully saturated rings. The van der Waals surface area contributed by atoms with E-state index in [0.717, 1.165) is 12.1 Å². The molecular formula is C11H12N2O4. The SMILES string of the molecule is CC1CN1C(=O)OCc1ccc([N+](=O)[O-])cc1. The summed E-state index contributed by atoms with van der Waals surface area (Å²) in [6.07, 6.45) is -0.337. The molecule has 0 aromatic heterocycles. The third kappa shape index (κ3) is 2.72. The number of rotatable bonds is 3. The molecule has 1 aliphatic rings. The second-order valence-electron chi connectivity index (χ2n) is 3.98. The average molecular weight is 236 g/mol. The highest BCUT2D eigenvalue weighted by Gasteiger charge is 2.35. The van der Waals surface area contributed by atoms with E-state index in [1.807, 2.05) is 6.92 Å². The molecule has 0 saturated carbocycles. The molecule has 0 N–H and O–H groups in total. The van der Waals surface area contributed by atoms with E-state index in [1.165, 1.54) is 12.1 Å². The Labute approximate surface area is 97.9 Å². The highest BCUT2D eigenvalue weighted by molar-refractivity contribution is 5.70. The topological polar surface area (TPSA) is 72.5 Å². The summed E-state index contributed by atoms with van der Waals surface area (Å²) in [6.45, 7) is 2.81. The smallest absolute Gasteiger partial charge is 0.410 e. The lowest BCUT2D eigenvalue weighted by atomic mass is 10.2. The van der Waals surface area contributed by atoms with E-state index >= 15 is 0 Å². The summed E-state index contributed by atoms with van der Waals surface area (Å²) in [6, 6.07) is 6.21. The lowest BCUT2D eigenvalue weighted by Gasteiger charge is -2.05. The predicted molar refractivity (Wildman–Crippen MR) is 59.4 cm³/mol. The number of nitro groups is 1. The highest BCUT2D eigenvalue weighted by atomic mass is 16.6. The van der Waals surface area contributed by atoms with Gasteiger partial charge in [0.1, 0.15) is 6.61 Å². The van der Waals surface area contributed by atoms with Gasteiger partial charge in [-0.25, -0.2) is 4.79 Å². The summed E-state index contributed by atoms with van der Waals surface area (Å²) >= 11 is 0. The fourth-order valence-electron chi connectivity index (χ4n) is 1.43. The molecule has 90 valence electrons. The largest absolute Gasteiger partial charge is 0.445 e. The lowest BCUT2D eigenvalue weighted by molar-refractivity contribution is -0.384. The average Bonchev–Trinajstić information content (AvgIpc) is 3.04. The van der Waals surface area contributed by atoms with Gasteiger partial charge in [0.15, 0.2) is 0 Å². The second kappa shape index (κ2) is 4.40. The first-order valence-electron chi connectivity index (χ1n) is 5.24. The summed E-state index contributed by atoms with van der Waals surface area (Å²) in [5.41, 5.74) is 0.762. The molecule has 17 heavy (non-hydrogen) atoms. The van der Waals surface area contributed by atoms with Crippen molar-refractivity contribution in [1.29, 1.82) is 0 Å². The summed E-state index contributed by atoms with van der Waals surface area (Å²) in [7, 11) is 0. The van der Waals surface area contributed by atoms with Gasteiger partial charge in [0, 0.05) is 18.7 Å². The van der Waals surface area contributed by atoms with Gasteiger partial charge < -0.3 is 9.64 Å². The van der Waals surface area contributed by atoms with Crippen LogP contribution in [0.3, 0.4) is 0 Å². The van der Waals surface area contributed by atoms with Crippen LogP contribution in [0.5, 0.6) is 0 Å². The number of non-ortho nitro benzene ring substituents is 1. The first-order chi connectivity index (χ1) is 8.08. The van der Waals surface area contributed by atoms with Crippen molar-refractivity contribution in [2.45, 2.75) is 19.6 Å². The van der Waals surface area contributed by atoms with E-state index in [-0.39, 0.29) is 24.4 Å². The van der Waals surface area contributed by atoms with Crippen molar-refractivity contribution in [2.75, 3.05) is 6.54 Å². The quantitative estimate of drug-likeness (QED) is 0.456. The van der Waals surface area contributed by atoms with Crippen molar-refractivity contribution in [2.24, 2.45) is 0 Å². The Kier molecular flexibility index (Phi) is 2.95. The molecule has 6 heteroatoms. The molecule has 0 bridgehead atoms. The zero-order chi connectivity index (χ0) is 12.4. The number of ether oxygens (including phenoxy) is 1. The summed E-state index contributed by atoms with van der Waals surface area (Å²) in [5, 5.41) is 10.4. The predicted octanol–water partition coefficient (Wildman–Crippen LogP) is 1.94. The number of carbonyl (C=O) groups is 1. The molecule has 2 rings (SSSR count). The summed E-state index contributed by atoms with van der Waals surface area (Å²) in [5.74, 6) is 0. The molecule has 1 heterocycles. The van der Waals surface area contributed by atoms with Crippen molar-refractivity contribution in [3.8, 4) is 0 Å². The number of carbonyl (C=O) groups excluding carboxylic acids is 1. The van der Waals surface area contributed by atoms with Crippen LogP contribution in [0.2, 0.25) is 0 Å². The van der Waals surface area contributed by atoms with Gasteiger partial charge in [-0.15, -0.1) is 0 Å². The molecule has 1 aliphatic heterocycles. The van der Waals surface area contributed by atoms with Crippen LogP contribution < -0.4 is 0 Å². The molecule has 6 nitrogen and oxygen atoms in total. The third-order valence-electron chi connectivity index (χ3n) is 2.60. The monoisotopic (exact) mass is 236 g/mol. The number of hydrogen-bond donors (Lipinski definition) is 0. The van der Waals surface area contributed by atoms with Gasteiger partial charge in [-0.3, -0.25) is 10.1 Å². The van der Waals surface area contributed by atoms with E-state index in [2.05, 4.69) is 0 Å². The number of nitrogens with zero attached hydrogens (tertiary/aromatic N) is 2. The fourth-order valence-corrected chi connectivity index (χ4v) is 1.43. The van der Waals surface area contributed by atoms with Crippen LogP contribution in [0.4, 0.5) is 10.5 Å². The number of nitro benzene ring substituents is 1. The van der Waals surface area contributed by atoms with Crippen molar-refractivity contribution < 1.29 is 14.5 Å². The van der Waals surface area contributed by atoms with Crippen molar-refractivity contribution in [3.05, 3.63) is 39.9 Å². The van der Waals surface area contributed by atoms with Crippen LogP contribution in [0.15, 0.2) is 24.3 Å². The Morgan fingerprint density at radius 2 is 2.12 bits per heavy atom. The van der Waals surface area contributed by atoms with Crippen LogP contribution in [0.25, 0.3) is 0 Å². The minimum atomic E-state index is -0.465. The molecule has 0 aliphatic carbocycles. The number of amides is 1. The molecule has 1 atom stereocenters. The lowest BCUT2D eigenvalue weighted by Crippen LogP contribution is -2.14. The van der Waals surface area contributed by atoms with Gasteiger partial charge in [0.25, 0.3) is 5.69 Å². The van der Waals surface area contributed by atoms with Gasteiger partial charge in [0.05, 0.1) is 11.0 Å². The first kappa shape index (κ1) is 11.4. The van der Waals surface area contributed by atoms with E-state index in [4.69, 9.17) is 4.74 Å². The van der Waals surface area contributed by atoms with Crippen molar-refractivity contribution in [3.63, 3.8) is 0 Å². The van der Waals surface area contributed by atoms with Gasteiger partial charge in [0.2, 0.25) is 0 Å². The van der Waals surface area contributed by atoms with Gasteiger partial charge in [-0.1, -0.05) is 0 Å². The molecular weight excluding hydrogens is 224 g/mol. The van der Waals surface area contributed by atoms with E-state index < -0.39 is 4.92 Å². The minimum Gasteiger partial charge on any atom is -0.445 e. The van der Waals surface area contributed by atoms with Crippen molar-refractivity contribution >= 4 is 11.8 Å². The number of hydrogen-bond acceptors (Lipinski definition) is 4. The standard InChI is InChI=1S/C11H12N2O4/c1-8-6-12(8)11(14)17-7-9-2-4-10(5-3-9)13(15)16/h2-5,8H,6-7H2,1H3. The zero-order valence-electron chi connectivity index (χ0n) is 9.33. The van der Waals surface area contributed by atoms with Crippen LogP contribution in [0.1, 0.15) is 12.5 Å². The zero-order valence-corrected chi connectivity index (χ0v) is 9.33. The number of benzene rings is 1. The van der Waals surface area contributed by atoms with E-state index in [9.17, 15) is 14.9 Å². The van der Waals surface area contributed by atoms with Gasteiger partial charge >= 0.3 is 6.09 Å². The first-order valence-corrected chi connectivity index (χ1v) is 5.24. The van der Waals surface area contributed by atoms with Crippen LogP contribution >= 0.6 is 0 Å². The van der Waals surface area contributed by atoms with Gasteiger partial charge in [-0.05, 0) is 24.6 Å². The minimum absolute atomic E-state index is 0.0274. The van der Waals surface area contributed by atoms with Crippen LogP contribution in [-0.2, 0) is 11.3 Å². The van der Waals surface area contributed by atoms with E-state index in [0.29, 0.717) is 0 Å². The van der Waals surface area contributed by atoms with Crippen LogP contribution in [-0.4, -0.2) is 28.5 Å². The molecule has 1 amide bonds. The summed E-state index contributed by atoms with van der Waals surface area (Å²) in [4.78, 5) is 22.9. The second-order valence-corrected chi connectivity index (χ2v) is 3.98. The normalized spacial score (nSPS) is 17.7. The Hall–Kier alpha value is -2.11. The van der Waals surface area contributed by atoms with Crippen molar-refractivity contribution in [1.82, 2.24) is 4.90 Å². The Morgan fingerprint density at radius 1 is 1.53 bits per heavy atom. The molecule has 1 aromatic carbocycles. The Balaban J connectivity index is 1.86. The fraction of sp³-hybridized carbons (Fsp3) is 0.364. The highest BCUT2D eigenvalue weighted by Crippen LogP contribution is 2.18. The van der Waals surface area contributed by atoms with E-state index in [1.54, 1.807) is 17.0 Å². The molecule has 0 radical (unpaired) electrons. The maximum absolute atomic E-state index is 11.4. The Bertz CT molecular complexity index is 443. The molecule has 1 saturated heterocycles. The maximum atomic E-state index is 11.4. The van der Waals surface area contributed by atoms with Gasteiger partial charge in [-0.2, -0.15) is 0 Å². The molecule has 0 spiro atoms. The maximum Gasteiger partial charge on any atom is 0.410 e.